The zero-order valence-electron chi connectivity index (χ0n) is 19.6. The minimum absolute atomic E-state index is 0.0761. The monoisotopic (exact) mass is 486 g/mol. The van der Waals surface area contributed by atoms with Crippen molar-refractivity contribution in [1.29, 1.82) is 0 Å². The van der Waals surface area contributed by atoms with Gasteiger partial charge < -0.3 is 0 Å². The van der Waals surface area contributed by atoms with Gasteiger partial charge >= 0.3 is 0 Å². The van der Waals surface area contributed by atoms with Gasteiger partial charge in [0.15, 0.2) is 0 Å². The highest BCUT2D eigenvalue weighted by atomic mass is 32.2. The fraction of sp³-hybridized carbons (Fsp3) is 0.417. The van der Waals surface area contributed by atoms with Crippen molar-refractivity contribution in [3.05, 3.63) is 64.7 Å². The highest BCUT2D eigenvalue weighted by Gasteiger charge is 2.32. The Morgan fingerprint density at radius 1 is 1.09 bits per heavy atom. The molecule has 34 heavy (non-hydrogen) atoms. The summed E-state index contributed by atoms with van der Waals surface area (Å²) in [7, 11) is -4.25. The van der Waals surface area contributed by atoms with Crippen molar-refractivity contribution in [3.8, 4) is 0 Å². The molecule has 0 unspecified atom stereocenters. The fourth-order valence-corrected chi connectivity index (χ4v) is 5.54. The van der Waals surface area contributed by atoms with Crippen molar-refractivity contribution in [1.82, 2.24) is 5.43 Å². The van der Waals surface area contributed by atoms with E-state index in [0.717, 1.165) is 35.7 Å². The van der Waals surface area contributed by atoms with E-state index in [1.807, 2.05) is 0 Å². The van der Waals surface area contributed by atoms with Crippen molar-refractivity contribution < 1.29 is 18.1 Å². The van der Waals surface area contributed by atoms with E-state index >= 15 is 0 Å². The number of anilines is 1. The Labute approximate surface area is 200 Å². The summed E-state index contributed by atoms with van der Waals surface area (Å²) >= 11 is 0. The largest absolute Gasteiger partial charge is 0.293 e. The normalized spacial score (nSPS) is 16.6. The van der Waals surface area contributed by atoms with E-state index in [1.165, 1.54) is 36.4 Å². The molecule has 2 aromatic carbocycles. The molecule has 0 atom stereocenters. The SMILES string of the molecule is CC(C)(C)C1CCC(=NNC(=O)CN(c2ccccc2[N+](=O)[O-])S(=O)(=O)c2ccccc2)CC1. The van der Waals surface area contributed by atoms with Crippen LogP contribution in [0.5, 0.6) is 0 Å². The molecule has 0 radical (unpaired) electrons. The summed E-state index contributed by atoms with van der Waals surface area (Å²) in [5, 5.41) is 15.8. The van der Waals surface area contributed by atoms with Gasteiger partial charge in [0.1, 0.15) is 12.2 Å². The van der Waals surface area contributed by atoms with Gasteiger partial charge in [0, 0.05) is 11.8 Å². The lowest BCUT2D eigenvalue weighted by molar-refractivity contribution is -0.384. The first-order chi connectivity index (χ1) is 16.0. The molecule has 1 amide bonds. The molecule has 0 aliphatic heterocycles. The summed E-state index contributed by atoms with van der Waals surface area (Å²) in [6.45, 7) is 5.99. The number of sulfonamides is 1. The maximum atomic E-state index is 13.4. The van der Waals surface area contributed by atoms with Crippen LogP contribution in [0.2, 0.25) is 0 Å². The predicted molar refractivity (Wildman–Crippen MR) is 131 cm³/mol. The summed E-state index contributed by atoms with van der Waals surface area (Å²) in [5.74, 6) is -0.101. The number of hydrazone groups is 1. The first-order valence-electron chi connectivity index (χ1n) is 11.2. The van der Waals surface area contributed by atoms with Gasteiger partial charge in [0.2, 0.25) is 0 Å². The second-order valence-corrected chi connectivity index (χ2v) is 11.3. The average Bonchev–Trinajstić information content (AvgIpc) is 2.81. The van der Waals surface area contributed by atoms with Crippen LogP contribution in [-0.4, -0.2) is 31.5 Å². The lowest BCUT2D eigenvalue weighted by atomic mass is 9.72. The van der Waals surface area contributed by atoms with E-state index in [4.69, 9.17) is 0 Å². The third kappa shape index (κ3) is 5.99. The third-order valence-electron chi connectivity index (χ3n) is 6.09. The first-order valence-corrected chi connectivity index (χ1v) is 12.6. The van der Waals surface area contributed by atoms with Crippen molar-refractivity contribution >= 4 is 33.0 Å². The number of nitro groups is 1. The number of carbonyl (C=O) groups excluding carboxylic acids is 1. The van der Waals surface area contributed by atoms with Gasteiger partial charge in [-0.05, 0) is 55.2 Å². The molecule has 0 heterocycles. The first kappa shape index (κ1) is 25.4. The van der Waals surface area contributed by atoms with Crippen molar-refractivity contribution in [2.45, 2.75) is 51.3 Å². The standard InChI is InChI=1S/C24H30N4O5S/c1-24(2,3)18-13-15-19(16-14-18)25-26-23(29)17-27(21-11-7-8-12-22(21)28(30)31)34(32,33)20-9-5-4-6-10-20/h4-12,18H,13-17H2,1-3H3,(H,26,29). The zero-order valence-corrected chi connectivity index (χ0v) is 20.4. The topological polar surface area (TPSA) is 122 Å². The van der Waals surface area contributed by atoms with Gasteiger partial charge in [0.05, 0.1) is 9.82 Å². The Morgan fingerprint density at radius 2 is 1.68 bits per heavy atom. The zero-order chi connectivity index (χ0) is 24.9. The maximum absolute atomic E-state index is 13.4. The second kappa shape index (κ2) is 10.3. The van der Waals surface area contributed by atoms with Crippen LogP contribution in [0, 0.1) is 21.4 Å². The van der Waals surface area contributed by atoms with Gasteiger partial charge in [-0.25, -0.2) is 18.1 Å². The van der Waals surface area contributed by atoms with Crippen LogP contribution in [0.3, 0.4) is 0 Å². The highest BCUT2D eigenvalue weighted by Crippen LogP contribution is 2.37. The molecule has 10 heteroatoms. The lowest BCUT2D eigenvalue weighted by Gasteiger charge is -2.34. The number of nitro benzene ring substituents is 1. The van der Waals surface area contributed by atoms with Crippen LogP contribution < -0.4 is 9.73 Å². The van der Waals surface area contributed by atoms with E-state index in [9.17, 15) is 23.3 Å². The van der Waals surface area contributed by atoms with Crippen LogP contribution in [0.15, 0.2) is 64.6 Å². The maximum Gasteiger partial charge on any atom is 0.293 e. The van der Waals surface area contributed by atoms with Gasteiger partial charge in [-0.3, -0.25) is 14.9 Å². The highest BCUT2D eigenvalue weighted by molar-refractivity contribution is 7.92. The van der Waals surface area contributed by atoms with E-state index in [-0.39, 0.29) is 16.0 Å². The molecule has 2 aromatic rings. The second-order valence-electron chi connectivity index (χ2n) is 9.42. The summed E-state index contributed by atoms with van der Waals surface area (Å²) in [5.41, 5.74) is 2.92. The summed E-state index contributed by atoms with van der Waals surface area (Å²) in [6, 6.07) is 12.9. The van der Waals surface area contributed by atoms with E-state index in [1.54, 1.807) is 18.2 Å². The molecule has 182 valence electrons. The van der Waals surface area contributed by atoms with Crippen LogP contribution >= 0.6 is 0 Å². The number of carbonyl (C=O) groups is 1. The minimum atomic E-state index is -4.25. The number of amides is 1. The number of benzene rings is 2. The van der Waals surface area contributed by atoms with Crippen LogP contribution in [0.1, 0.15) is 46.5 Å². The number of hydrogen-bond acceptors (Lipinski definition) is 6. The van der Waals surface area contributed by atoms with Gasteiger partial charge in [-0.2, -0.15) is 5.10 Å². The Hall–Kier alpha value is -3.27. The average molecular weight is 487 g/mol. The number of hydrogen-bond donors (Lipinski definition) is 1. The number of nitrogens with zero attached hydrogens (tertiary/aromatic N) is 3. The number of para-hydroxylation sites is 2. The van der Waals surface area contributed by atoms with Crippen LogP contribution in [0.4, 0.5) is 11.4 Å². The van der Waals surface area contributed by atoms with E-state index < -0.39 is 33.1 Å². The molecular formula is C24H30N4O5S. The molecule has 1 saturated carbocycles. The molecule has 0 spiro atoms. The van der Waals surface area contributed by atoms with Crippen LogP contribution in [0.25, 0.3) is 0 Å². The predicted octanol–water partition coefficient (Wildman–Crippen LogP) is 4.50. The summed E-state index contributed by atoms with van der Waals surface area (Å²) < 4.78 is 27.5. The summed E-state index contributed by atoms with van der Waals surface area (Å²) in [6.07, 6.45) is 3.47. The van der Waals surface area contributed by atoms with Crippen molar-refractivity contribution in [2.24, 2.45) is 16.4 Å². The summed E-state index contributed by atoms with van der Waals surface area (Å²) in [4.78, 5) is 23.6. The van der Waals surface area contributed by atoms with Crippen molar-refractivity contribution in [2.75, 3.05) is 10.8 Å². The molecule has 0 bridgehead atoms. The Bertz CT molecular complexity index is 1160. The fourth-order valence-electron chi connectivity index (χ4n) is 4.08. The van der Waals surface area contributed by atoms with E-state index in [0.29, 0.717) is 5.92 Å². The van der Waals surface area contributed by atoms with E-state index in [2.05, 4.69) is 31.3 Å². The molecule has 3 rings (SSSR count). The molecule has 1 aliphatic rings. The third-order valence-corrected chi connectivity index (χ3v) is 7.87. The number of nitrogens with one attached hydrogen (secondary N) is 1. The number of rotatable bonds is 7. The molecule has 0 aromatic heterocycles. The Kier molecular flexibility index (Phi) is 7.71. The van der Waals surface area contributed by atoms with Crippen molar-refractivity contribution in [3.63, 3.8) is 0 Å². The quantitative estimate of drug-likeness (QED) is 0.456. The smallest absolute Gasteiger partial charge is 0.271 e. The van der Waals surface area contributed by atoms with Gasteiger partial charge in [-0.15, -0.1) is 0 Å². The lowest BCUT2D eigenvalue weighted by Crippen LogP contribution is -2.40. The molecule has 1 aliphatic carbocycles. The molecule has 1 fully saturated rings. The molecular weight excluding hydrogens is 456 g/mol. The molecule has 1 N–H and O–H groups in total. The van der Waals surface area contributed by atoms with Crippen LogP contribution in [-0.2, 0) is 14.8 Å². The molecule has 9 nitrogen and oxygen atoms in total. The van der Waals surface area contributed by atoms with Gasteiger partial charge in [0.25, 0.3) is 21.6 Å². The minimum Gasteiger partial charge on any atom is -0.271 e. The Morgan fingerprint density at radius 3 is 2.26 bits per heavy atom. The Balaban J connectivity index is 1.83. The van der Waals surface area contributed by atoms with Gasteiger partial charge in [-0.1, -0.05) is 51.1 Å². The molecule has 0 saturated heterocycles.